The maximum Gasteiger partial charge on any atom is 0.419 e. The molecular formula is C14H17F4N. The zero-order chi connectivity index (χ0) is 14.3. The minimum atomic E-state index is -4.64. The van der Waals surface area contributed by atoms with Crippen LogP contribution in [-0.2, 0) is 6.18 Å². The molecule has 0 fully saturated rings. The summed E-state index contributed by atoms with van der Waals surface area (Å²) in [6.07, 6.45) is 0.592. The summed E-state index contributed by atoms with van der Waals surface area (Å²) in [7, 11) is 0. The summed E-state index contributed by atoms with van der Waals surface area (Å²) >= 11 is 0. The van der Waals surface area contributed by atoms with Gasteiger partial charge in [0.05, 0.1) is 5.56 Å². The fourth-order valence-electron chi connectivity index (χ4n) is 1.57. The lowest BCUT2D eigenvalue weighted by atomic mass is 10.1. The smallest absolute Gasteiger partial charge is 0.316 e. The van der Waals surface area contributed by atoms with Crippen LogP contribution >= 0.6 is 0 Å². The topological polar surface area (TPSA) is 12.0 Å². The van der Waals surface area contributed by atoms with E-state index in [1.54, 1.807) is 6.08 Å². The molecule has 0 saturated heterocycles. The standard InChI is InChI=1S/C14H17F4N/c1-2-8-19-9-4-3-5-11-6-7-12(13(15)10-11)14(16,17)18/h3,5-7,10,19H,2,4,8-9H2,1H3/b5-3+. The molecule has 1 aromatic carbocycles. The second-order valence-electron chi connectivity index (χ2n) is 4.18. The lowest BCUT2D eigenvalue weighted by Gasteiger charge is -2.07. The normalized spacial score (nSPS) is 12.3. The van der Waals surface area contributed by atoms with Gasteiger partial charge in [-0.1, -0.05) is 25.1 Å². The summed E-state index contributed by atoms with van der Waals surface area (Å²) in [5.41, 5.74) is -0.796. The van der Waals surface area contributed by atoms with Crippen molar-refractivity contribution in [2.24, 2.45) is 0 Å². The van der Waals surface area contributed by atoms with Gasteiger partial charge in [0.1, 0.15) is 5.82 Å². The van der Waals surface area contributed by atoms with Crippen molar-refractivity contribution in [1.82, 2.24) is 5.32 Å². The summed E-state index contributed by atoms with van der Waals surface area (Å²) in [5, 5.41) is 3.19. The number of nitrogens with one attached hydrogen (secondary N) is 1. The molecule has 1 N–H and O–H groups in total. The average molecular weight is 275 g/mol. The number of benzene rings is 1. The third-order valence-corrected chi connectivity index (χ3v) is 2.52. The van der Waals surface area contributed by atoms with Gasteiger partial charge in [-0.05, 0) is 43.6 Å². The molecule has 0 atom stereocenters. The number of rotatable bonds is 6. The molecule has 1 nitrogen and oxygen atoms in total. The summed E-state index contributed by atoms with van der Waals surface area (Å²) in [5.74, 6) is -1.24. The van der Waals surface area contributed by atoms with Crippen molar-refractivity contribution in [3.05, 3.63) is 41.2 Å². The van der Waals surface area contributed by atoms with Gasteiger partial charge in [-0.25, -0.2) is 4.39 Å². The van der Waals surface area contributed by atoms with E-state index in [1.807, 2.05) is 6.08 Å². The van der Waals surface area contributed by atoms with Crippen LogP contribution in [0.5, 0.6) is 0 Å². The van der Waals surface area contributed by atoms with E-state index >= 15 is 0 Å². The maximum atomic E-state index is 13.3. The monoisotopic (exact) mass is 275 g/mol. The third-order valence-electron chi connectivity index (χ3n) is 2.52. The molecular weight excluding hydrogens is 258 g/mol. The van der Waals surface area contributed by atoms with Crippen molar-refractivity contribution in [2.45, 2.75) is 25.9 Å². The first-order chi connectivity index (χ1) is 8.95. The summed E-state index contributed by atoms with van der Waals surface area (Å²) in [4.78, 5) is 0. The molecule has 0 saturated carbocycles. The Balaban J connectivity index is 2.57. The Bertz CT molecular complexity index is 424. The predicted molar refractivity (Wildman–Crippen MR) is 68.2 cm³/mol. The first kappa shape index (κ1) is 15.7. The van der Waals surface area contributed by atoms with E-state index in [1.165, 1.54) is 6.07 Å². The van der Waals surface area contributed by atoms with E-state index in [0.717, 1.165) is 38.1 Å². The van der Waals surface area contributed by atoms with Crippen molar-refractivity contribution in [1.29, 1.82) is 0 Å². The van der Waals surface area contributed by atoms with Crippen molar-refractivity contribution >= 4 is 6.08 Å². The highest BCUT2D eigenvalue weighted by molar-refractivity contribution is 5.50. The van der Waals surface area contributed by atoms with Crippen molar-refractivity contribution in [3.8, 4) is 0 Å². The first-order valence-electron chi connectivity index (χ1n) is 6.19. The van der Waals surface area contributed by atoms with E-state index in [9.17, 15) is 17.6 Å². The molecule has 1 rings (SSSR count). The van der Waals surface area contributed by atoms with Crippen LogP contribution in [0.4, 0.5) is 17.6 Å². The van der Waals surface area contributed by atoms with Crippen LogP contribution in [0.2, 0.25) is 0 Å². The van der Waals surface area contributed by atoms with Gasteiger partial charge in [0.15, 0.2) is 0 Å². The van der Waals surface area contributed by atoms with Gasteiger partial charge in [-0.3, -0.25) is 0 Å². The van der Waals surface area contributed by atoms with Gasteiger partial charge in [-0.2, -0.15) is 13.2 Å². The molecule has 0 bridgehead atoms. The van der Waals surface area contributed by atoms with Crippen LogP contribution in [0.3, 0.4) is 0 Å². The molecule has 106 valence electrons. The van der Waals surface area contributed by atoms with E-state index < -0.39 is 17.6 Å². The van der Waals surface area contributed by atoms with E-state index in [-0.39, 0.29) is 0 Å². The van der Waals surface area contributed by atoms with Crippen LogP contribution in [0.25, 0.3) is 6.08 Å². The van der Waals surface area contributed by atoms with Crippen LogP contribution < -0.4 is 5.32 Å². The number of hydrogen-bond donors (Lipinski definition) is 1. The number of halogens is 4. The molecule has 0 amide bonds. The van der Waals surface area contributed by atoms with Crippen LogP contribution in [0.1, 0.15) is 30.9 Å². The van der Waals surface area contributed by atoms with Crippen molar-refractivity contribution < 1.29 is 17.6 Å². The predicted octanol–water partition coefficient (Wildman–Crippen LogP) is 4.25. The fraction of sp³-hybridized carbons (Fsp3) is 0.429. The zero-order valence-electron chi connectivity index (χ0n) is 10.7. The van der Waals surface area contributed by atoms with Gasteiger partial charge in [0.2, 0.25) is 0 Å². The molecule has 0 aliphatic rings. The second kappa shape index (κ2) is 7.28. The summed E-state index contributed by atoms with van der Waals surface area (Å²) in [6, 6.07) is 2.94. The Kier molecular flexibility index (Phi) is 6.02. The highest BCUT2D eigenvalue weighted by Gasteiger charge is 2.33. The molecule has 0 aliphatic heterocycles. The SMILES string of the molecule is CCCNCC/C=C/c1ccc(C(F)(F)F)c(F)c1. The van der Waals surface area contributed by atoms with Crippen LogP contribution in [-0.4, -0.2) is 13.1 Å². The number of hydrogen-bond acceptors (Lipinski definition) is 1. The lowest BCUT2D eigenvalue weighted by Crippen LogP contribution is -2.14. The minimum Gasteiger partial charge on any atom is -0.316 e. The molecule has 0 heterocycles. The Morgan fingerprint density at radius 3 is 2.53 bits per heavy atom. The minimum absolute atomic E-state index is 0.431. The van der Waals surface area contributed by atoms with Gasteiger partial charge >= 0.3 is 6.18 Å². The Morgan fingerprint density at radius 1 is 1.21 bits per heavy atom. The molecule has 0 radical (unpaired) electrons. The van der Waals surface area contributed by atoms with Crippen molar-refractivity contribution in [3.63, 3.8) is 0 Å². The molecule has 0 unspecified atom stereocenters. The Labute approximate surface area is 110 Å². The largest absolute Gasteiger partial charge is 0.419 e. The highest BCUT2D eigenvalue weighted by Crippen LogP contribution is 2.31. The quantitative estimate of drug-likeness (QED) is 0.604. The van der Waals surface area contributed by atoms with E-state index in [4.69, 9.17) is 0 Å². The van der Waals surface area contributed by atoms with Crippen LogP contribution in [0.15, 0.2) is 24.3 Å². The molecule has 0 aromatic heterocycles. The summed E-state index contributed by atoms with van der Waals surface area (Å²) < 4.78 is 50.3. The fourth-order valence-corrected chi connectivity index (χ4v) is 1.57. The van der Waals surface area contributed by atoms with Crippen molar-refractivity contribution in [2.75, 3.05) is 13.1 Å². The van der Waals surface area contributed by atoms with Gasteiger partial charge in [0, 0.05) is 0 Å². The third kappa shape index (κ3) is 5.42. The zero-order valence-corrected chi connectivity index (χ0v) is 10.7. The maximum absolute atomic E-state index is 13.3. The van der Waals surface area contributed by atoms with Crippen LogP contribution in [0, 0.1) is 5.82 Å². The van der Waals surface area contributed by atoms with E-state index in [2.05, 4.69) is 12.2 Å². The molecule has 19 heavy (non-hydrogen) atoms. The Hall–Kier alpha value is -1.36. The second-order valence-corrected chi connectivity index (χ2v) is 4.18. The Morgan fingerprint density at radius 2 is 1.95 bits per heavy atom. The summed E-state index contributed by atoms with van der Waals surface area (Å²) in [6.45, 7) is 3.80. The molecule has 1 aromatic rings. The molecule has 5 heteroatoms. The van der Waals surface area contributed by atoms with Gasteiger partial charge < -0.3 is 5.32 Å². The number of alkyl halides is 3. The molecule has 0 spiro atoms. The van der Waals surface area contributed by atoms with Gasteiger partial charge in [-0.15, -0.1) is 0 Å². The van der Waals surface area contributed by atoms with Gasteiger partial charge in [0.25, 0.3) is 0 Å². The highest BCUT2D eigenvalue weighted by atomic mass is 19.4. The van der Waals surface area contributed by atoms with E-state index in [0.29, 0.717) is 5.56 Å². The molecule has 0 aliphatic carbocycles. The first-order valence-corrected chi connectivity index (χ1v) is 6.19. The lowest BCUT2D eigenvalue weighted by molar-refractivity contribution is -0.140. The average Bonchev–Trinajstić information content (AvgIpc) is 2.32.